The van der Waals surface area contributed by atoms with Crippen LogP contribution in [0.5, 0.6) is 0 Å². The largest absolute Gasteiger partial charge is 0.465 e. The highest BCUT2D eigenvalue weighted by molar-refractivity contribution is 5.99. The standard InChI is InChI=1S/C19H21N7O3/c1-19(2,3)26-11-21-25-16(26)13-6-5-7-14(22-13)23-18(28)24-15-10-12(8-9-20-15)17(27)29-4/h5-11H,1-4H3,(H2,20,22,23,24,28). The van der Waals surface area contributed by atoms with Gasteiger partial charge in [0.1, 0.15) is 23.7 Å². The fourth-order valence-corrected chi connectivity index (χ4v) is 2.54. The third kappa shape index (κ3) is 4.72. The fraction of sp³-hybridized carbons (Fsp3) is 0.263. The molecule has 2 N–H and O–H groups in total. The van der Waals surface area contributed by atoms with Crippen LogP contribution in [-0.2, 0) is 10.3 Å². The van der Waals surface area contributed by atoms with E-state index in [1.165, 1.54) is 25.4 Å². The van der Waals surface area contributed by atoms with E-state index in [1.54, 1.807) is 24.5 Å². The minimum Gasteiger partial charge on any atom is -0.465 e. The molecule has 0 aliphatic heterocycles. The van der Waals surface area contributed by atoms with Gasteiger partial charge in [-0.2, -0.15) is 0 Å². The van der Waals surface area contributed by atoms with E-state index in [0.29, 0.717) is 17.3 Å². The third-order valence-electron chi connectivity index (χ3n) is 3.91. The van der Waals surface area contributed by atoms with Crippen LogP contribution in [0.4, 0.5) is 16.4 Å². The maximum atomic E-state index is 12.3. The molecule has 0 atom stereocenters. The molecule has 0 aliphatic rings. The van der Waals surface area contributed by atoms with E-state index in [9.17, 15) is 9.59 Å². The van der Waals surface area contributed by atoms with Gasteiger partial charge in [-0.1, -0.05) is 6.07 Å². The number of amides is 2. The summed E-state index contributed by atoms with van der Waals surface area (Å²) in [5.41, 5.74) is 0.623. The Morgan fingerprint density at radius 3 is 2.59 bits per heavy atom. The average molecular weight is 395 g/mol. The normalized spacial score (nSPS) is 11.0. The van der Waals surface area contributed by atoms with Gasteiger partial charge in [-0.15, -0.1) is 10.2 Å². The Hall–Kier alpha value is -3.82. The summed E-state index contributed by atoms with van der Waals surface area (Å²) in [4.78, 5) is 32.3. The van der Waals surface area contributed by atoms with Crippen molar-refractivity contribution in [3.8, 4) is 11.5 Å². The first-order chi connectivity index (χ1) is 13.8. The van der Waals surface area contributed by atoms with Crippen LogP contribution in [0.1, 0.15) is 31.1 Å². The van der Waals surface area contributed by atoms with Gasteiger partial charge in [-0.05, 0) is 45.0 Å². The summed E-state index contributed by atoms with van der Waals surface area (Å²) in [6, 6.07) is 7.55. The Labute approximate surface area is 167 Å². The maximum absolute atomic E-state index is 12.3. The van der Waals surface area contributed by atoms with E-state index >= 15 is 0 Å². The molecule has 10 heteroatoms. The molecule has 0 unspecified atom stereocenters. The Balaban J connectivity index is 1.75. The van der Waals surface area contributed by atoms with Crippen LogP contribution in [-0.4, -0.2) is 43.8 Å². The fourth-order valence-electron chi connectivity index (χ4n) is 2.54. The maximum Gasteiger partial charge on any atom is 0.338 e. The van der Waals surface area contributed by atoms with E-state index in [1.807, 2.05) is 25.3 Å². The quantitative estimate of drug-likeness (QED) is 0.651. The predicted molar refractivity (Wildman–Crippen MR) is 106 cm³/mol. The van der Waals surface area contributed by atoms with Crippen molar-refractivity contribution in [2.45, 2.75) is 26.3 Å². The molecule has 10 nitrogen and oxygen atoms in total. The van der Waals surface area contributed by atoms with E-state index < -0.39 is 12.0 Å². The number of rotatable bonds is 4. The van der Waals surface area contributed by atoms with E-state index in [-0.39, 0.29) is 16.9 Å². The number of urea groups is 1. The van der Waals surface area contributed by atoms with Crippen molar-refractivity contribution in [3.05, 3.63) is 48.4 Å². The number of esters is 1. The van der Waals surface area contributed by atoms with Gasteiger partial charge in [0.15, 0.2) is 5.82 Å². The second-order valence-electron chi connectivity index (χ2n) is 7.10. The molecule has 0 aromatic carbocycles. The molecule has 3 rings (SSSR count). The van der Waals surface area contributed by atoms with Crippen molar-refractivity contribution in [1.82, 2.24) is 24.7 Å². The molecule has 29 heavy (non-hydrogen) atoms. The highest BCUT2D eigenvalue weighted by Gasteiger charge is 2.20. The molecule has 0 bridgehead atoms. The molecule has 0 aliphatic carbocycles. The summed E-state index contributed by atoms with van der Waals surface area (Å²) in [5.74, 6) is 0.601. The zero-order chi connectivity index (χ0) is 21.0. The summed E-state index contributed by atoms with van der Waals surface area (Å²) in [6.45, 7) is 6.10. The number of hydrogen-bond acceptors (Lipinski definition) is 7. The second-order valence-corrected chi connectivity index (χ2v) is 7.10. The van der Waals surface area contributed by atoms with Crippen molar-refractivity contribution in [2.75, 3.05) is 17.7 Å². The van der Waals surface area contributed by atoms with Crippen molar-refractivity contribution < 1.29 is 14.3 Å². The number of nitrogens with one attached hydrogen (secondary N) is 2. The van der Waals surface area contributed by atoms with E-state index in [4.69, 9.17) is 0 Å². The Morgan fingerprint density at radius 2 is 1.86 bits per heavy atom. The molecule has 0 spiro atoms. The SMILES string of the molecule is COC(=O)c1ccnc(NC(=O)Nc2cccc(-c3nncn3C(C)(C)C)n2)c1. The topological polar surface area (TPSA) is 124 Å². The summed E-state index contributed by atoms with van der Waals surface area (Å²) >= 11 is 0. The molecule has 0 fully saturated rings. The Kier molecular flexibility index (Phi) is 5.53. The highest BCUT2D eigenvalue weighted by Crippen LogP contribution is 2.23. The lowest BCUT2D eigenvalue weighted by molar-refractivity contribution is 0.0600. The van der Waals surface area contributed by atoms with Gasteiger partial charge in [0.2, 0.25) is 0 Å². The first-order valence-electron chi connectivity index (χ1n) is 8.78. The molecule has 3 aromatic rings. The van der Waals surface area contributed by atoms with Crippen LogP contribution in [0.3, 0.4) is 0 Å². The van der Waals surface area contributed by atoms with Gasteiger partial charge in [-0.25, -0.2) is 19.6 Å². The molecular formula is C19H21N7O3. The van der Waals surface area contributed by atoms with E-state index in [2.05, 4.69) is 35.5 Å². The van der Waals surface area contributed by atoms with Crippen molar-refractivity contribution in [2.24, 2.45) is 0 Å². The molecule has 0 saturated carbocycles. The summed E-state index contributed by atoms with van der Waals surface area (Å²) in [5, 5.41) is 13.3. The van der Waals surface area contributed by atoms with Gasteiger partial charge in [0.05, 0.1) is 12.7 Å². The monoisotopic (exact) mass is 395 g/mol. The van der Waals surface area contributed by atoms with Crippen LogP contribution in [0.25, 0.3) is 11.5 Å². The molecule has 150 valence electrons. The summed E-state index contributed by atoms with van der Waals surface area (Å²) in [6.07, 6.45) is 3.05. The number of carbonyl (C=O) groups is 2. The minimum atomic E-state index is -0.554. The van der Waals surface area contributed by atoms with Gasteiger partial charge < -0.3 is 9.30 Å². The second kappa shape index (κ2) is 8.05. The molecule has 2 amide bonds. The number of hydrogen-bond donors (Lipinski definition) is 2. The molecule has 0 saturated heterocycles. The summed E-state index contributed by atoms with van der Waals surface area (Å²) < 4.78 is 6.56. The van der Waals surface area contributed by atoms with Crippen LogP contribution < -0.4 is 10.6 Å². The first-order valence-corrected chi connectivity index (χ1v) is 8.78. The number of carbonyl (C=O) groups excluding carboxylic acids is 2. The molecular weight excluding hydrogens is 374 g/mol. The predicted octanol–water partition coefficient (Wildman–Crippen LogP) is 2.92. The van der Waals surface area contributed by atoms with Gasteiger partial charge in [-0.3, -0.25) is 10.6 Å². The van der Waals surface area contributed by atoms with Crippen LogP contribution in [0, 0.1) is 0 Å². The Bertz CT molecular complexity index is 1040. The van der Waals surface area contributed by atoms with Crippen LogP contribution in [0.15, 0.2) is 42.9 Å². The van der Waals surface area contributed by atoms with Gasteiger partial charge in [0, 0.05) is 11.7 Å². The molecule has 0 radical (unpaired) electrons. The lowest BCUT2D eigenvalue weighted by Crippen LogP contribution is -2.23. The number of aromatic nitrogens is 5. The molecule has 3 aromatic heterocycles. The third-order valence-corrected chi connectivity index (χ3v) is 3.91. The number of anilines is 2. The number of methoxy groups -OCH3 is 1. The number of pyridine rings is 2. The van der Waals surface area contributed by atoms with Crippen LogP contribution >= 0.6 is 0 Å². The first kappa shape index (κ1) is 19.9. The lowest BCUT2D eigenvalue weighted by Gasteiger charge is -2.22. The van der Waals surface area contributed by atoms with Gasteiger partial charge in [0.25, 0.3) is 0 Å². The number of nitrogens with zero attached hydrogens (tertiary/aromatic N) is 5. The van der Waals surface area contributed by atoms with Crippen molar-refractivity contribution in [1.29, 1.82) is 0 Å². The van der Waals surface area contributed by atoms with Crippen molar-refractivity contribution >= 4 is 23.6 Å². The van der Waals surface area contributed by atoms with Gasteiger partial charge >= 0.3 is 12.0 Å². The summed E-state index contributed by atoms with van der Waals surface area (Å²) in [7, 11) is 1.28. The minimum absolute atomic E-state index is 0.203. The highest BCUT2D eigenvalue weighted by atomic mass is 16.5. The zero-order valence-corrected chi connectivity index (χ0v) is 16.5. The lowest BCUT2D eigenvalue weighted by atomic mass is 10.1. The Morgan fingerprint density at radius 1 is 1.10 bits per heavy atom. The average Bonchev–Trinajstić information content (AvgIpc) is 3.18. The van der Waals surface area contributed by atoms with Crippen molar-refractivity contribution in [3.63, 3.8) is 0 Å². The molecule has 3 heterocycles. The number of ether oxygens (including phenoxy) is 1. The van der Waals surface area contributed by atoms with E-state index in [0.717, 1.165) is 0 Å². The zero-order valence-electron chi connectivity index (χ0n) is 16.5. The van der Waals surface area contributed by atoms with Crippen LogP contribution in [0.2, 0.25) is 0 Å². The smallest absolute Gasteiger partial charge is 0.338 e.